The van der Waals surface area contributed by atoms with Crippen molar-refractivity contribution in [3.05, 3.63) is 29.8 Å². The van der Waals surface area contributed by atoms with E-state index in [2.05, 4.69) is 41.4 Å². The summed E-state index contributed by atoms with van der Waals surface area (Å²) < 4.78 is 0. The lowest BCUT2D eigenvalue weighted by molar-refractivity contribution is 0.249. The minimum Gasteiger partial charge on any atom is -0.372 e. The van der Waals surface area contributed by atoms with Gasteiger partial charge in [-0.15, -0.1) is 0 Å². The van der Waals surface area contributed by atoms with Crippen molar-refractivity contribution in [1.82, 2.24) is 5.43 Å². The average Bonchev–Trinajstić information content (AvgIpc) is 2.48. The Balaban J connectivity index is 2.67. The van der Waals surface area contributed by atoms with Gasteiger partial charge in [0.25, 0.3) is 0 Å². The number of carbonyl (C=O) groups is 1. The summed E-state index contributed by atoms with van der Waals surface area (Å²) in [7, 11) is 0. The lowest BCUT2D eigenvalue weighted by atomic mass is 10.2. The number of urea groups is 1. The molecule has 0 heterocycles. The van der Waals surface area contributed by atoms with Crippen molar-refractivity contribution in [2.45, 2.75) is 39.5 Å². The van der Waals surface area contributed by atoms with Crippen molar-refractivity contribution in [3.8, 4) is 0 Å². The van der Waals surface area contributed by atoms with Crippen LogP contribution in [0.4, 0.5) is 10.5 Å². The molecule has 0 saturated carbocycles. The number of hydrazone groups is 1. The topological polar surface area (TPSA) is 70.7 Å². The predicted molar refractivity (Wildman–Crippen MR) is 88.8 cm³/mol. The van der Waals surface area contributed by atoms with E-state index in [0.29, 0.717) is 0 Å². The van der Waals surface area contributed by atoms with E-state index in [1.807, 2.05) is 12.1 Å². The van der Waals surface area contributed by atoms with Crippen molar-refractivity contribution in [2.75, 3.05) is 18.0 Å². The molecule has 0 saturated heterocycles. The standard InChI is InChI=1S/C16H26N4O/c1-3-5-11-20(12-6-4-2)15-9-7-14(8-10-15)13-18-19-16(17)21/h7-10,13H,3-6,11-12H2,1-2H3,(H3,17,19,21). The zero-order chi connectivity index (χ0) is 15.5. The quantitative estimate of drug-likeness (QED) is 0.542. The van der Waals surface area contributed by atoms with Gasteiger partial charge < -0.3 is 10.6 Å². The zero-order valence-corrected chi connectivity index (χ0v) is 13.0. The second kappa shape index (κ2) is 9.80. The first-order chi connectivity index (χ1) is 10.2. The number of nitrogens with zero attached hydrogens (tertiary/aromatic N) is 2. The van der Waals surface area contributed by atoms with Gasteiger partial charge in [0.1, 0.15) is 0 Å². The fourth-order valence-corrected chi connectivity index (χ4v) is 2.01. The maximum atomic E-state index is 10.5. The highest BCUT2D eigenvalue weighted by Gasteiger charge is 2.05. The molecule has 0 radical (unpaired) electrons. The average molecular weight is 290 g/mol. The van der Waals surface area contributed by atoms with Crippen LogP contribution in [0.3, 0.4) is 0 Å². The lowest BCUT2D eigenvalue weighted by Crippen LogP contribution is -2.25. The van der Waals surface area contributed by atoms with E-state index in [0.717, 1.165) is 18.7 Å². The molecule has 0 aliphatic carbocycles. The number of primary amides is 1. The molecule has 116 valence electrons. The first-order valence-electron chi connectivity index (χ1n) is 7.60. The highest BCUT2D eigenvalue weighted by atomic mass is 16.2. The van der Waals surface area contributed by atoms with Crippen LogP contribution in [0, 0.1) is 0 Å². The Morgan fingerprint density at radius 2 is 1.76 bits per heavy atom. The number of rotatable bonds is 9. The SMILES string of the molecule is CCCCN(CCCC)c1ccc(C=NNC(N)=O)cc1. The summed E-state index contributed by atoms with van der Waals surface area (Å²) in [4.78, 5) is 13.0. The van der Waals surface area contributed by atoms with Gasteiger partial charge in [-0.3, -0.25) is 0 Å². The highest BCUT2D eigenvalue weighted by Crippen LogP contribution is 2.16. The van der Waals surface area contributed by atoms with Crippen LogP contribution in [-0.2, 0) is 0 Å². The molecule has 0 aliphatic rings. The minimum absolute atomic E-state index is 0.659. The fraction of sp³-hybridized carbons (Fsp3) is 0.500. The van der Waals surface area contributed by atoms with Crippen LogP contribution in [0.15, 0.2) is 29.4 Å². The van der Waals surface area contributed by atoms with E-state index in [-0.39, 0.29) is 0 Å². The van der Waals surface area contributed by atoms with Gasteiger partial charge in [-0.25, -0.2) is 10.2 Å². The van der Waals surface area contributed by atoms with Gasteiger partial charge in [-0.05, 0) is 30.5 Å². The third-order valence-corrected chi connectivity index (χ3v) is 3.21. The highest BCUT2D eigenvalue weighted by molar-refractivity contribution is 5.82. The Bertz CT molecular complexity index is 434. The van der Waals surface area contributed by atoms with Crippen LogP contribution in [0.1, 0.15) is 45.1 Å². The Kier molecular flexibility index (Phi) is 7.94. The van der Waals surface area contributed by atoms with E-state index in [1.54, 1.807) is 6.21 Å². The van der Waals surface area contributed by atoms with Crippen molar-refractivity contribution >= 4 is 17.9 Å². The second-order valence-electron chi connectivity index (χ2n) is 5.02. The van der Waals surface area contributed by atoms with E-state index < -0.39 is 6.03 Å². The molecule has 0 spiro atoms. The first kappa shape index (κ1) is 17.0. The number of hydrogen-bond acceptors (Lipinski definition) is 3. The summed E-state index contributed by atoms with van der Waals surface area (Å²) in [5.74, 6) is 0. The van der Waals surface area contributed by atoms with Gasteiger partial charge in [0.15, 0.2) is 0 Å². The van der Waals surface area contributed by atoms with Gasteiger partial charge in [0.2, 0.25) is 0 Å². The Morgan fingerprint density at radius 3 is 2.24 bits per heavy atom. The minimum atomic E-state index is -0.659. The maximum Gasteiger partial charge on any atom is 0.332 e. The summed E-state index contributed by atoms with van der Waals surface area (Å²) in [5, 5.41) is 3.75. The smallest absolute Gasteiger partial charge is 0.332 e. The molecule has 0 unspecified atom stereocenters. The summed E-state index contributed by atoms with van der Waals surface area (Å²) in [5.41, 5.74) is 9.29. The number of amides is 2. The number of unbranched alkanes of at least 4 members (excludes halogenated alkanes) is 2. The Labute approximate surface area is 127 Å². The van der Waals surface area contributed by atoms with E-state index in [1.165, 1.54) is 31.4 Å². The molecule has 1 aromatic carbocycles. The Morgan fingerprint density at radius 1 is 1.19 bits per heavy atom. The summed E-state index contributed by atoms with van der Waals surface area (Å²) in [6, 6.07) is 7.51. The number of anilines is 1. The zero-order valence-electron chi connectivity index (χ0n) is 13.0. The van der Waals surface area contributed by atoms with Crippen molar-refractivity contribution in [1.29, 1.82) is 0 Å². The van der Waals surface area contributed by atoms with Crippen LogP contribution in [0.25, 0.3) is 0 Å². The van der Waals surface area contributed by atoms with Crippen LogP contribution >= 0.6 is 0 Å². The number of hydrogen-bond donors (Lipinski definition) is 2. The molecule has 0 fully saturated rings. The van der Waals surface area contributed by atoms with Crippen LogP contribution in [-0.4, -0.2) is 25.3 Å². The molecular weight excluding hydrogens is 264 g/mol. The number of carbonyl (C=O) groups excluding carboxylic acids is 1. The Hall–Kier alpha value is -2.04. The van der Waals surface area contributed by atoms with E-state index in [9.17, 15) is 4.79 Å². The molecular formula is C16H26N4O. The van der Waals surface area contributed by atoms with E-state index >= 15 is 0 Å². The molecule has 0 aliphatic heterocycles. The van der Waals surface area contributed by atoms with Crippen LogP contribution in [0.5, 0.6) is 0 Å². The van der Waals surface area contributed by atoms with Gasteiger partial charge >= 0.3 is 6.03 Å². The van der Waals surface area contributed by atoms with Crippen molar-refractivity contribution in [2.24, 2.45) is 10.8 Å². The van der Waals surface area contributed by atoms with Gasteiger partial charge in [-0.2, -0.15) is 5.10 Å². The molecule has 5 heteroatoms. The maximum absolute atomic E-state index is 10.5. The predicted octanol–water partition coefficient (Wildman–Crippen LogP) is 3.10. The van der Waals surface area contributed by atoms with Gasteiger partial charge in [-0.1, -0.05) is 38.8 Å². The van der Waals surface area contributed by atoms with Gasteiger partial charge in [0.05, 0.1) is 6.21 Å². The molecule has 3 N–H and O–H groups in total. The second-order valence-corrected chi connectivity index (χ2v) is 5.02. The molecule has 0 atom stereocenters. The summed E-state index contributed by atoms with van der Waals surface area (Å²) in [6.45, 7) is 6.60. The first-order valence-corrected chi connectivity index (χ1v) is 7.60. The third kappa shape index (κ3) is 6.79. The number of nitrogens with one attached hydrogen (secondary N) is 1. The lowest BCUT2D eigenvalue weighted by Gasteiger charge is -2.24. The van der Waals surface area contributed by atoms with Crippen LogP contribution < -0.4 is 16.1 Å². The van der Waals surface area contributed by atoms with Crippen molar-refractivity contribution in [3.63, 3.8) is 0 Å². The number of benzene rings is 1. The van der Waals surface area contributed by atoms with Crippen LogP contribution in [0.2, 0.25) is 0 Å². The molecule has 0 bridgehead atoms. The normalized spacial score (nSPS) is 10.8. The molecule has 0 aromatic heterocycles. The van der Waals surface area contributed by atoms with E-state index in [4.69, 9.17) is 5.73 Å². The molecule has 2 amide bonds. The molecule has 21 heavy (non-hydrogen) atoms. The monoisotopic (exact) mass is 290 g/mol. The summed E-state index contributed by atoms with van der Waals surface area (Å²) in [6.07, 6.45) is 6.39. The molecule has 1 rings (SSSR count). The largest absolute Gasteiger partial charge is 0.372 e. The molecule has 1 aromatic rings. The van der Waals surface area contributed by atoms with Crippen molar-refractivity contribution < 1.29 is 4.79 Å². The number of nitrogens with two attached hydrogens (primary N) is 1. The third-order valence-electron chi connectivity index (χ3n) is 3.21. The summed E-state index contributed by atoms with van der Waals surface area (Å²) >= 11 is 0. The fourth-order valence-electron chi connectivity index (χ4n) is 2.01. The van der Waals surface area contributed by atoms with Gasteiger partial charge in [0, 0.05) is 18.8 Å². The molecule has 5 nitrogen and oxygen atoms in total.